The van der Waals surface area contributed by atoms with Gasteiger partial charge in [0.1, 0.15) is 5.54 Å². The number of nitrogens with one attached hydrogen (secondary N) is 1. The van der Waals surface area contributed by atoms with Crippen molar-refractivity contribution in [1.29, 1.82) is 0 Å². The molecule has 4 nitrogen and oxygen atoms in total. The molecule has 0 saturated carbocycles. The molecule has 2 N–H and O–H groups in total. The van der Waals surface area contributed by atoms with E-state index in [1.807, 2.05) is 6.92 Å². The Labute approximate surface area is 105 Å². The van der Waals surface area contributed by atoms with Crippen molar-refractivity contribution in [2.75, 3.05) is 13.7 Å². The zero-order valence-electron chi connectivity index (χ0n) is 11.7. The molecule has 0 fully saturated rings. The Morgan fingerprint density at radius 1 is 1.47 bits per heavy atom. The summed E-state index contributed by atoms with van der Waals surface area (Å²) in [4.78, 5) is 11.1. The Bertz CT molecular complexity index is 233. The van der Waals surface area contributed by atoms with Crippen LogP contribution in [0.3, 0.4) is 0 Å². The lowest BCUT2D eigenvalue weighted by Crippen LogP contribution is -2.49. The van der Waals surface area contributed by atoms with Crippen LogP contribution in [0.15, 0.2) is 0 Å². The number of carboxylic acid groups (broad SMARTS) is 1. The summed E-state index contributed by atoms with van der Waals surface area (Å²) in [5, 5.41) is 12.0. The van der Waals surface area contributed by atoms with E-state index in [1.165, 1.54) is 0 Å². The quantitative estimate of drug-likeness (QED) is 0.654. The third-order valence-corrected chi connectivity index (χ3v) is 3.17. The molecule has 17 heavy (non-hydrogen) atoms. The van der Waals surface area contributed by atoms with Crippen LogP contribution < -0.4 is 5.32 Å². The van der Waals surface area contributed by atoms with Crippen molar-refractivity contribution in [1.82, 2.24) is 5.32 Å². The monoisotopic (exact) mass is 245 g/mol. The molecule has 0 aliphatic rings. The van der Waals surface area contributed by atoms with Crippen molar-refractivity contribution in [3.8, 4) is 0 Å². The largest absolute Gasteiger partial charge is 0.480 e. The average molecular weight is 245 g/mol. The van der Waals surface area contributed by atoms with Gasteiger partial charge in [0.15, 0.2) is 0 Å². The molecule has 102 valence electrons. The van der Waals surface area contributed by atoms with E-state index >= 15 is 0 Å². The fourth-order valence-electron chi connectivity index (χ4n) is 1.83. The van der Waals surface area contributed by atoms with Crippen LogP contribution in [0.2, 0.25) is 0 Å². The number of hydrogen-bond donors (Lipinski definition) is 2. The Morgan fingerprint density at radius 2 is 2.06 bits per heavy atom. The summed E-state index contributed by atoms with van der Waals surface area (Å²) in [5.41, 5.74) is -0.909. The molecule has 0 aromatic carbocycles. The van der Waals surface area contributed by atoms with E-state index in [9.17, 15) is 4.79 Å². The van der Waals surface area contributed by atoms with E-state index in [4.69, 9.17) is 9.84 Å². The first kappa shape index (κ1) is 16.4. The lowest BCUT2D eigenvalue weighted by Gasteiger charge is -2.28. The van der Waals surface area contributed by atoms with E-state index in [1.54, 1.807) is 14.0 Å². The molecular weight excluding hydrogens is 218 g/mol. The van der Waals surface area contributed by atoms with E-state index in [-0.39, 0.29) is 6.10 Å². The number of aliphatic carboxylic acids is 1. The minimum absolute atomic E-state index is 0.0529. The smallest absolute Gasteiger partial charge is 0.323 e. The van der Waals surface area contributed by atoms with Crippen LogP contribution in [0.1, 0.15) is 47.0 Å². The first-order valence-corrected chi connectivity index (χ1v) is 6.39. The molecule has 0 aliphatic carbocycles. The highest BCUT2D eigenvalue weighted by atomic mass is 16.5. The molecule has 3 atom stereocenters. The van der Waals surface area contributed by atoms with Crippen LogP contribution in [0.5, 0.6) is 0 Å². The van der Waals surface area contributed by atoms with Crippen LogP contribution in [0.25, 0.3) is 0 Å². The molecule has 0 amide bonds. The molecule has 0 bridgehead atoms. The van der Waals surface area contributed by atoms with Gasteiger partial charge in [-0.05, 0) is 33.2 Å². The molecule has 0 saturated heterocycles. The van der Waals surface area contributed by atoms with Crippen molar-refractivity contribution in [2.45, 2.75) is 58.6 Å². The summed E-state index contributed by atoms with van der Waals surface area (Å²) in [6.07, 6.45) is 2.72. The molecular formula is C13H27NO3. The van der Waals surface area contributed by atoms with Gasteiger partial charge in [-0.3, -0.25) is 4.79 Å². The molecule has 0 rings (SSSR count). The normalized spacial score (nSPS) is 18.4. The Morgan fingerprint density at radius 3 is 2.47 bits per heavy atom. The van der Waals surface area contributed by atoms with Gasteiger partial charge in [0.2, 0.25) is 0 Å². The zero-order valence-corrected chi connectivity index (χ0v) is 11.7. The fourth-order valence-corrected chi connectivity index (χ4v) is 1.83. The molecule has 0 aromatic rings. The number of carboxylic acids is 1. The highest BCUT2D eigenvalue weighted by Gasteiger charge is 2.33. The van der Waals surface area contributed by atoms with Crippen LogP contribution in [-0.4, -0.2) is 36.4 Å². The summed E-state index contributed by atoms with van der Waals surface area (Å²) in [7, 11) is 1.67. The summed E-state index contributed by atoms with van der Waals surface area (Å²) in [5.74, 6) is -0.301. The standard InChI is InChI=1S/C13H27NO3/c1-6-7-10(2)9-17-11(3)8-13(4,14-5)12(15)16/h10-11,14H,6-9H2,1-5H3,(H,15,16). The van der Waals surface area contributed by atoms with Gasteiger partial charge in [-0.15, -0.1) is 0 Å². The lowest BCUT2D eigenvalue weighted by atomic mass is 9.95. The highest BCUT2D eigenvalue weighted by molar-refractivity contribution is 5.78. The molecule has 0 aromatic heterocycles. The second-order valence-corrected chi connectivity index (χ2v) is 5.13. The van der Waals surface area contributed by atoms with Crippen LogP contribution in [0.4, 0.5) is 0 Å². The van der Waals surface area contributed by atoms with Gasteiger partial charge in [-0.1, -0.05) is 20.3 Å². The second kappa shape index (κ2) is 7.67. The van der Waals surface area contributed by atoms with E-state index in [0.717, 1.165) is 12.8 Å². The minimum Gasteiger partial charge on any atom is -0.480 e. The van der Waals surface area contributed by atoms with Gasteiger partial charge in [0, 0.05) is 13.0 Å². The van der Waals surface area contributed by atoms with Crippen molar-refractivity contribution in [3.63, 3.8) is 0 Å². The first-order chi connectivity index (χ1) is 7.85. The number of carbonyl (C=O) groups is 1. The lowest BCUT2D eigenvalue weighted by molar-refractivity contribution is -0.145. The molecule has 0 heterocycles. The van der Waals surface area contributed by atoms with Crippen molar-refractivity contribution < 1.29 is 14.6 Å². The second-order valence-electron chi connectivity index (χ2n) is 5.13. The van der Waals surface area contributed by atoms with E-state index in [2.05, 4.69) is 19.2 Å². The predicted molar refractivity (Wildman–Crippen MR) is 69.2 cm³/mol. The summed E-state index contributed by atoms with van der Waals surface area (Å²) in [6, 6.07) is 0. The van der Waals surface area contributed by atoms with E-state index < -0.39 is 11.5 Å². The van der Waals surface area contributed by atoms with Crippen molar-refractivity contribution in [3.05, 3.63) is 0 Å². The van der Waals surface area contributed by atoms with E-state index in [0.29, 0.717) is 18.9 Å². The maximum Gasteiger partial charge on any atom is 0.323 e. The third kappa shape index (κ3) is 6.03. The van der Waals surface area contributed by atoms with Gasteiger partial charge in [-0.2, -0.15) is 0 Å². The summed E-state index contributed by atoms with van der Waals surface area (Å²) in [6.45, 7) is 8.63. The van der Waals surface area contributed by atoms with Crippen molar-refractivity contribution >= 4 is 5.97 Å². The zero-order chi connectivity index (χ0) is 13.5. The maximum atomic E-state index is 11.1. The Balaban J connectivity index is 4.07. The fraction of sp³-hybridized carbons (Fsp3) is 0.923. The SMILES string of the molecule is CCCC(C)COC(C)CC(C)(NC)C(=O)O. The highest BCUT2D eigenvalue weighted by Crippen LogP contribution is 2.16. The number of likely N-dealkylation sites (N-methyl/N-ethyl adjacent to an activating group) is 1. The average Bonchev–Trinajstić information content (AvgIpc) is 2.26. The predicted octanol–water partition coefficient (Wildman–Crippen LogP) is 2.28. The molecule has 0 spiro atoms. The Kier molecular flexibility index (Phi) is 7.39. The minimum atomic E-state index is -0.909. The summed E-state index contributed by atoms with van der Waals surface area (Å²) < 4.78 is 5.70. The molecule has 4 heteroatoms. The number of hydrogen-bond acceptors (Lipinski definition) is 3. The van der Waals surface area contributed by atoms with Crippen LogP contribution in [-0.2, 0) is 9.53 Å². The maximum absolute atomic E-state index is 11.1. The molecule has 3 unspecified atom stereocenters. The Hall–Kier alpha value is -0.610. The van der Waals surface area contributed by atoms with Gasteiger partial charge < -0.3 is 15.2 Å². The van der Waals surface area contributed by atoms with Gasteiger partial charge in [0.25, 0.3) is 0 Å². The molecule has 0 radical (unpaired) electrons. The topological polar surface area (TPSA) is 58.6 Å². The van der Waals surface area contributed by atoms with Crippen LogP contribution in [0, 0.1) is 5.92 Å². The van der Waals surface area contributed by atoms with Gasteiger partial charge in [-0.25, -0.2) is 0 Å². The third-order valence-electron chi connectivity index (χ3n) is 3.17. The van der Waals surface area contributed by atoms with Gasteiger partial charge >= 0.3 is 5.97 Å². The summed E-state index contributed by atoms with van der Waals surface area (Å²) >= 11 is 0. The number of rotatable bonds is 9. The van der Waals surface area contributed by atoms with Crippen molar-refractivity contribution in [2.24, 2.45) is 5.92 Å². The first-order valence-electron chi connectivity index (χ1n) is 6.39. The van der Waals surface area contributed by atoms with Gasteiger partial charge in [0.05, 0.1) is 6.10 Å². The van der Waals surface area contributed by atoms with Crippen LogP contribution >= 0.6 is 0 Å². The number of ether oxygens (including phenoxy) is 1. The molecule has 0 aliphatic heterocycles.